The van der Waals surface area contributed by atoms with Crippen LogP contribution in [0.25, 0.3) is 0 Å². The minimum atomic E-state index is -4.64. The molecule has 0 aromatic heterocycles. The first-order valence-electron chi connectivity index (χ1n) is 0.783. The maximum atomic E-state index is 8.88. The molecule has 6 nitrogen and oxygen atoms in total. The van der Waals surface area contributed by atoms with E-state index in [-0.39, 0.29) is 37.2 Å². The van der Waals surface area contributed by atoms with E-state index >= 15 is 0 Å². The van der Waals surface area contributed by atoms with Gasteiger partial charge in [-0.15, -0.1) is 0 Å². The Bertz CT molecular complexity index is 54.7. The van der Waals surface area contributed by atoms with Crippen LogP contribution in [0.4, 0.5) is 0 Å². The first kappa shape index (κ1) is 23.1. The van der Waals surface area contributed by atoms with Gasteiger partial charge in [-0.25, -0.2) is 4.57 Å². The van der Waals surface area contributed by atoms with Crippen LogP contribution in [0.3, 0.4) is 0 Å². The minimum Gasteiger partial charge on any atom is -0.412 e. The predicted octanol–water partition coefficient (Wildman–Crippen LogP) is -2.58. The van der Waals surface area contributed by atoms with Crippen LogP contribution in [0.15, 0.2) is 0 Å². The van der Waals surface area contributed by atoms with E-state index in [0.717, 1.165) is 0 Å². The molecule has 0 aliphatic rings. The summed E-state index contributed by atoms with van der Waals surface area (Å²) in [6, 6.07) is 0. The third-order valence-corrected chi connectivity index (χ3v) is 0. The molecule has 0 aliphatic carbocycles. The van der Waals surface area contributed by atoms with E-state index in [1.165, 1.54) is 0 Å². The molecule has 0 fully saturated rings. The Balaban J connectivity index is -0.0000000267. The van der Waals surface area contributed by atoms with Gasteiger partial charge in [0.1, 0.15) is 0 Å². The van der Waals surface area contributed by atoms with Crippen molar-refractivity contribution in [1.82, 2.24) is 0 Å². The maximum absolute atomic E-state index is 8.88. The van der Waals surface area contributed by atoms with E-state index in [4.69, 9.17) is 19.2 Å². The van der Waals surface area contributed by atoms with E-state index < -0.39 is 7.82 Å². The number of phosphoric acid groups is 1. The first-order chi connectivity index (χ1) is 2.00. The van der Waals surface area contributed by atoms with E-state index in [1.54, 1.807) is 0 Å². The van der Waals surface area contributed by atoms with Crippen molar-refractivity contribution >= 4 is 7.82 Å². The van der Waals surface area contributed by atoms with Crippen LogP contribution in [0.1, 0.15) is 0 Å². The fourth-order valence-electron chi connectivity index (χ4n) is 0. The summed E-state index contributed by atoms with van der Waals surface area (Å²) in [5.74, 6) is 0. The fraction of sp³-hybridized carbons (Fsp3) is 0. The van der Waals surface area contributed by atoms with Gasteiger partial charge < -0.3 is 25.6 Å². The maximum Gasteiger partial charge on any atom is 0.466 e. The van der Waals surface area contributed by atoms with Crippen molar-refractivity contribution in [3.63, 3.8) is 0 Å². The van der Waals surface area contributed by atoms with E-state index in [0.29, 0.717) is 0 Å². The molecule has 0 bridgehead atoms. The summed E-state index contributed by atoms with van der Waals surface area (Å²) >= 11 is 0. The van der Waals surface area contributed by atoms with Gasteiger partial charge in [-0.05, 0) is 0 Å². The molecule has 0 aliphatic heterocycles. The van der Waals surface area contributed by atoms with Crippen LogP contribution in [0.2, 0.25) is 0 Å². The quantitative estimate of drug-likeness (QED) is 0.389. The van der Waals surface area contributed by atoms with Gasteiger partial charge >= 0.3 is 7.82 Å². The molecule has 8 heavy (non-hydrogen) atoms. The minimum absolute atomic E-state index is 0. The fourth-order valence-corrected chi connectivity index (χ4v) is 0. The molecule has 8 heteroatoms. The van der Waals surface area contributed by atoms with Crippen LogP contribution in [-0.2, 0) is 30.8 Å². The Hall–Kier alpha value is 0.913. The van der Waals surface area contributed by atoms with Crippen molar-refractivity contribution in [2.75, 3.05) is 0 Å². The van der Waals surface area contributed by atoms with Crippen LogP contribution >= 0.6 is 7.82 Å². The third-order valence-electron chi connectivity index (χ3n) is 0. The predicted molar refractivity (Wildman–Crippen MR) is 21.5 cm³/mol. The number of rotatable bonds is 0. The normalized spacial score (nSPS) is 7.38. The average molecular weight is 225 g/mol. The smallest absolute Gasteiger partial charge is 0.412 e. The second kappa shape index (κ2) is 7.91. The molecule has 0 radical (unpaired) electrons. The van der Waals surface area contributed by atoms with Crippen molar-refractivity contribution in [1.29, 1.82) is 0 Å². The van der Waals surface area contributed by atoms with E-state index in [1.807, 2.05) is 0 Å². The SMILES string of the molecule is O.O.O=P(O)(O)O.[Zr]. The second-order valence-electron chi connectivity index (χ2n) is 0.513. The van der Waals surface area contributed by atoms with E-state index in [9.17, 15) is 0 Å². The molecule has 0 rings (SSSR count). The molecule has 0 aromatic rings. The van der Waals surface area contributed by atoms with Crippen molar-refractivity contribution < 1.29 is 56.4 Å². The average Bonchev–Trinajstić information content (AvgIpc) is 0.722. The van der Waals surface area contributed by atoms with Crippen molar-refractivity contribution in [2.45, 2.75) is 0 Å². The summed E-state index contributed by atoms with van der Waals surface area (Å²) in [6.45, 7) is 0. The molecule has 0 saturated heterocycles. The first-order valence-corrected chi connectivity index (χ1v) is 2.35. The summed E-state index contributed by atoms with van der Waals surface area (Å²) in [5, 5.41) is 0. The second-order valence-corrected chi connectivity index (χ2v) is 1.54. The molecule has 0 saturated carbocycles. The number of hydrogen-bond donors (Lipinski definition) is 3. The van der Waals surface area contributed by atoms with Crippen LogP contribution in [-0.4, -0.2) is 25.6 Å². The van der Waals surface area contributed by atoms with Gasteiger partial charge in [0.2, 0.25) is 0 Å². The van der Waals surface area contributed by atoms with Gasteiger partial charge in [0.25, 0.3) is 0 Å². The molecular weight excluding hydrogens is 218 g/mol. The van der Waals surface area contributed by atoms with Gasteiger partial charge in [-0.2, -0.15) is 0 Å². The third kappa shape index (κ3) is 290. The largest absolute Gasteiger partial charge is 0.466 e. The Labute approximate surface area is 64.5 Å². The molecule has 7 N–H and O–H groups in total. The summed E-state index contributed by atoms with van der Waals surface area (Å²) < 4.78 is 8.88. The summed E-state index contributed by atoms with van der Waals surface area (Å²) in [4.78, 5) is 21.6. The molecule has 0 amide bonds. The van der Waals surface area contributed by atoms with Gasteiger partial charge in [0.05, 0.1) is 0 Å². The standard InChI is InChI=1S/H3O4P.2H2O.Zr/c1-5(2,3)4;;;/h(H3,1,2,3,4);2*1H2;. The molecule has 0 aromatic carbocycles. The zero-order valence-electron chi connectivity index (χ0n) is 3.70. The van der Waals surface area contributed by atoms with Crippen LogP contribution in [0, 0.1) is 0 Å². The molecule has 0 atom stereocenters. The molecule has 0 unspecified atom stereocenters. The molecular formula is H7O6PZr. The van der Waals surface area contributed by atoms with E-state index in [2.05, 4.69) is 0 Å². The molecule has 52 valence electrons. The summed E-state index contributed by atoms with van der Waals surface area (Å²) in [6.07, 6.45) is 0. The number of hydrogen-bond acceptors (Lipinski definition) is 1. The summed E-state index contributed by atoms with van der Waals surface area (Å²) in [5.41, 5.74) is 0. The monoisotopic (exact) mass is 224 g/mol. The van der Waals surface area contributed by atoms with Gasteiger partial charge in [0, 0.05) is 26.2 Å². The summed E-state index contributed by atoms with van der Waals surface area (Å²) in [7, 11) is -4.64. The Morgan fingerprint density at radius 3 is 1.00 bits per heavy atom. The molecule has 0 spiro atoms. The molecule has 0 heterocycles. The van der Waals surface area contributed by atoms with Crippen molar-refractivity contribution in [3.8, 4) is 0 Å². The Kier molecular flexibility index (Phi) is 22.9. The Morgan fingerprint density at radius 1 is 1.00 bits per heavy atom. The van der Waals surface area contributed by atoms with Crippen molar-refractivity contribution in [2.24, 2.45) is 0 Å². The zero-order chi connectivity index (χ0) is 4.50. The van der Waals surface area contributed by atoms with Gasteiger partial charge in [-0.1, -0.05) is 0 Å². The van der Waals surface area contributed by atoms with Crippen LogP contribution < -0.4 is 0 Å². The zero-order valence-corrected chi connectivity index (χ0v) is 7.05. The van der Waals surface area contributed by atoms with Crippen LogP contribution in [0.5, 0.6) is 0 Å². The Morgan fingerprint density at radius 2 is 1.00 bits per heavy atom. The van der Waals surface area contributed by atoms with Gasteiger partial charge in [-0.3, -0.25) is 0 Å². The van der Waals surface area contributed by atoms with Crippen molar-refractivity contribution in [3.05, 3.63) is 0 Å². The van der Waals surface area contributed by atoms with Gasteiger partial charge in [0.15, 0.2) is 0 Å². The topological polar surface area (TPSA) is 141 Å².